The molecule has 1 fully saturated rings. The number of aliphatic hydroxyl groups excluding tert-OH is 2. The lowest BCUT2D eigenvalue weighted by atomic mass is 9.85. The molecular weight excluding hydrogens is 308 g/mol. The maximum absolute atomic E-state index is 12.3. The number of ketones is 2. The predicted octanol–water partition coefficient (Wildman–Crippen LogP) is -1.96. The summed E-state index contributed by atoms with van der Waals surface area (Å²) in [5, 5.41) is 19.5. The van der Waals surface area contributed by atoms with E-state index in [2.05, 4.69) is 0 Å². The van der Waals surface area contributed by atoms with E-state index in [0.717, 1.165) is 24.6 Å². The molecule has 23 heavy (non-hydrogen) atoms. The van der Waals surface area contributed by atoms with E-state index < -0.39 is 53.3 Å². The number of nitrogens with zero attached hydrogens (tertiary/aromatic N) is 1. The Morgan fingerprint density at radius 1 is 1.39 bits per heavy atom. The van der Waals surface area contributed by atoms with E-state index in [1.54, 1.807) is 0 Å². The van der Waals surface area contributed by atoms with Crippen LogP contribution in [0.4, 0.5) is 0 Å². The molecule has 126 valence electrons. The SMILES string of the molecule is CC(=O)C1[C@H](O)[C@@H](CO)O[C@@]1(C(C)=O)n1cc(C)c(=O)[nH]c1=O. The average Bonchev–Trinajstić information content (AvgIpc) is 2.76. The van der Waals surface area contributed by atoms with Crippen LogP contribution in [0.1, 0.15) is 19.4 Å². The van der Waals surface area contributed by atoms with Crippen molar-refractivity contribution >= 4 is 11.6 Å². The number of carbonyl (C=O) groups excluding carboxylic acids is 2. The maximum Gasteiger partial charge on any atom is 0.331 e. The van der Waals surface area contributed by atoms with Gasteiger partial charge in [0.15, 0.2) is 5.78 Å². The molecule has 0 aromatic carbocycles. The predicted molar refractivity (Wildman–Crippen MR) is 76.9 cm³/mol. The summed E-state index contributed by atoms with van der Waals surface area (Å²) in [4.78, 5) is 50.1. The summed E-state index contributed by atoms with van der Waals surface area (Å²) in [7, 11) is 0. The Hall–Kier alpha value is -2.10. The van der Waals surface area contributed by atoms with Crippen LogP contribution in [0.3, 0.4) is 0 Å². The summed E-state index contributed by atoms with van der Waals surface area (Å²) in [5.41, 5.74) is -3.59. The number of H-pyrrole nitrogens is 1. The third-order valence-electron chi connectivity index (χ3n) is 4.08. The Bertz CT molecular complexity index is 765. The van der Waals surface area contributed by atoms with Crippen LogP contribution in [-0.4, -0.2) is 50.1 Å². The summed E-state index contributed by atoms with van der Waals surface area (Å²) < 4.78 is 6.28. The first-order valence-electron chi connectivity index (χ1n) is 6.98. The lowest BCUT2D eigenvalue weighted by Gasteiger charge is -2.32. The summed E-state index contributed by atoms with van der Waals surface area (Å²) in [6.45, 7) is 3.03. The Balaban J connectivity index is 2.81. The topological polar surface area (TPSA) is 139 Å². The molecule has 1 aromatic heterocycles. The molecule has 0 saturated carbocycles. The molecule has 1 unspecified atom stereocenters. The largest absolute Gasteiger partial charge is 0.394 e. The number of hydrogen-bond donors (Lipinski definition) is 3. The van der Waals surface area contributed by atoms with Crippen molar-refractivity contribution in [3.8, 4) is 0 Å². The third-order valence-corrected chi connectivity index (χ3v) is 4.08. The van der Waals surface area contributed by atoms with Gasteiger partial charge in [-0.25, -0.2) is 4.79 Å². The number of nitrogens with one attached hydrogen (secondary N) is 1. The standard InChI is InChI=1S/C14H18N2O7/c1-6-4-16(13(22)15-12(6)21)14(8(3)19)10(7(2)18)11(20)9(5-17)23-14/h4,9-11,17,20H,5H2,1-3H3,(H,15,21,22)/t9-,10?,11-,14-/m1/s1. The number of carbonyl (C=O) groups is 2. The number of ether oxygens (including phenoxy) is 1. The van der Waals surface area contributed by atoms with Gasteiger partial charge in [-0.15, -0.1) is 0 Å². The van der Waals surface area contributed by atoms with Crippen LogP contribution in [0, 0.1) is 12.8 Å². The molecule has 0 radical (unpaired) electrons. The van der Waals surface area contributed by atoms with E-state index >= 15 is 0 Å². The minimum absolute atomic E-state index is 0.123. The maximum atomic E-state index is 12.3. The Morgan fingerprint density at radius 2 is 2.00 bits per heavy atom. The van der Waals surface area contributed by atoms with Gasteiger partial charge < -0.3 is 14.9 Å². The second kappa shape index (κ2) is 5.84. The molecule has 2 rings (SSSR count). The van der Waals surface area contributed by atoms with E-state index in [1.807, 2.05) is 4.98 Å². The van der Waals surface area contributed by atoms with E-state index in [9.17, 15) is 29.4 Å². The number of aromatic nitrogens is 2. The van der Waals surface area contributed by atoms with Gasteiger partial charge >= 0.3 is 5.69 Å². The Kier molecular flexibility index (Phi) is 4.38. The fraction of sp³-hybridized carbons (Fsp3) is 0.571. The smallest absolute Gasteiger partial charge is 0.331 e. The summed E-state index contributed by atoms with van der Waals surface area (Å²) in [6.07, 6.45) is -1.59. The van der Waals surface area contributed by atoms with E-state index in [4.69, 9.17) is 4.74 Å². The van der Waals surface area contributed by atoms with Gasteiger partial charge in [0.1, 0.15) is 17.8 Å². The fourth-order valence-corrected chi connectivity index (χ4v) is 2.97. The highest BCUT2D eigenvalue weighted by molar-refractivity contribution is 5.92. The highest BCUT2D eigenvalue weighted by Crippen LogP contribution is 2.41. The van der Waals surface area contributed by atoms with Crippen LogP contribution < -0.4 is 11.2 Å². The van der Waals surface area contributed by atoms with Gasteiger partial charge in [0.05, 0.1) is 12.7 Å². The second-order valence-electron chi connectivity index (χ2n) is 5.61. The van der Waals surface area contributed by atoms with Gasteiger partial charge in [-0.05, 0) is 20.8 Å². The Labute approximate surface area is 130 Å². The number of aromatic amines is 1. The highest BCUT2D eigenvalue weighted by Gasteiger charge is 2.61. The van der Waals surface area contributed by atoms with Crippen molar-refractivity contribution in [2.24, 2.45) is 5.92 Å². The van der Waals surface area contributed by atoms with Crippen molar-refractivity contribution in [1.29, 1.82) is 0 Å². The van der Waals surface area contributed by atoms with Gasteiger partial charge in [-0.2, -0.15) is 0 Å². The normalized spacial score (nSPS) is 30.4. The number of Topliss-reactive ketones (excluding diaryl/α,β-unsaturated/α-hetero) is 2. The minimum atomic E-state index is -2.12. The van der Waals surface area contributed by atoms with E-state index in [1.165, 1.54) is 6.92 Å². The summed E-state index contributed by atoms with van der Waals surface area (Å²) in [6, 6.07) is 0. The summed E-state index contributed by atoms with van der Waals surface area (Å²) in [5.74, 6) is -2.68. The molecule has 1 aromatic rings. The molecule has 1 saturated heterocycles. The first-order valence-corrected chi connectivity index (χ1v) is 6.98. The van der Waals surface area contributed by atoms with Crippen molar-refractivity contribution < 1.29 is 24.5 Å². The van der Waals surface area contributed by atoms with Crippen LogP contribution in [0.5, 0.6) is 0 Å². The lowest BCUT2D eigenvalue weighted by molar-refractivity contribution is -0.169. The minimum Gasteiger partial charge on any atom is -0.394 e. The monoisotopic (exact) mass is 326 g/mol. The summed E-state index contributed by atoms with van der Waals surface area (Å²) >= 11 is 0. The third kappa shape index (κ3) is 2.46. The molecule has 9 heteroatoms. The van der Waals surface area contributed by atoms with E-state index in [-0.39, 0.29) is 5.56 Å². The number of rotatable bonds is 4. The van der Waals surface area contributed by atoms with Crippen molar-refractivity contribution in [3.05, 3.63) is 32.6 Å². The van der Waals surface area contributed by atoms with E-state index in [0.29, 0.717) is 0 Å². The van der Waals surface area contributed by atoms with Gasteiger partial charge in [-0.3, -0.25) is 23.9 Å². The fourth-order valence-electron chi connectivity index (χ4n) is 2.97. The molecule has 4 atom stereocenters. The number of hydrogen-bond acceptors (Lipinski definition) is 7. The molecule has 3 N–H and O–H groups in total. The van der Waals surface area contributed by atoms with Gasteiger partial charge in [0, 0.05) is 11.8 Å². The average molecular weight is 326 g/mol. The Morgan fingerprint density at radius 3 is 2.48 bits per heavy atom. The second-order valence-corrected chi connectivity index (χ2v) is 5.61. The van der Waals surface area contributed by atoms with Crippen LogP contribution in [-0.2, 0) is 20.1 Å². The van der Waals surface area contributed by atoms with Gasteiger partial charge in [0.2, 0.25) is 5.72 Å². The molecule has 1 aliphatic heterocycles. The van der Waals surface area contributed by atoms with Crippen molar-refractivity contribution in [2.75, 3.05) is 6.61 Å². The lowest BCUT2D eigenvalue weighted by Crippen LogP contribution is -2.55. The molecule has 0 spiro atoms. The first kappa shape index (κ1) is 17.3. The van der Waals surface area contributed by atoms with Gasteiger partial charge in [-0.1, -0.05) is 0 Å². The zero-order valence-electron chi connectivity index (χ0n) is 12.9. The zero-order valence-corrected chi connectivity index (χ0v) is 12.9. The van der Waals surface area contributed by atoms with Crippen molar-refractivity contribution in [3.63, 3.8) is 0 Å². The molecule has 1 aliphatic rings. The van der Waals surface area contributed by atoms with Crippen LogP contribution in [0.2, 0.25) is 0 Å². The van der Waals surface area contributed by atoms with Crippen LogP contribution >= 0.6 is 0 Å². The molecule has 2 heterocycles. The number of aryl methyl sites for hydroxylation is 1. The zero-order chi connectivity index (χ0) is 17.5. The van der Waals surface area contributed by atoms with Gasteiger partial charge in [0.25, 0.3) is 5.56 Å². The number of aliphatic hydroxyl groups is 2. The van der Waals surface area contributed by atoms with Crippen LogP contribution in [0.25, 0.3) is 0 Å². The molecule has 0 aliphatic carbocycles. The highest BCUT2D eigenvalue weighted by atomic mass is 16.6. The molecule has 9 nitrogen and oxygen atoms in total. The van der Waals surface area contributed by atoms with Crippen LogP contribution in [0.15, 0.2) is 15.8 Å². The molecular formula is C14H18N2O7. The molecule has 0 amide bonds. The van der Waals surface area contributed by atoms with Crippen molar-refractivity contribution in [1.82, 2.24) is 9.55 Å². The quantitative estimate of drug-likeness (QED) is 0.584. The molecule has 0 bridgehead atoms. The van der Waals surface area contributed by atoms with Crippen molar-refractivity contribution in [2.45, 2.75) is 38.7 Å². The first-order chi connectivity index (χ1) is 10.7.